The van der Waals surface area contributed by atoms with Crippen LogP contribution in [0, 0.1) is 11.6 Å². The zero-order chi connectivity index (χ0) is 19.2. The molecular formula is C18H17F2N7. The highest BCUT2D eigenvalue weighted by atomic mass is 19.2. The Kier molecular flexibility index (Phi) is 3.88. The third-order valence-corrected chi connectivity index (χ3v) is 4.37. The number of guanidine groups is 1. The van der Waals surface area contributed by atoms with Crippen LogP contribution in [0.15, 0.2) is 52.6 Å². The molecule has 2 heterocycles. The van der Waals surface area contributed by atoms with E-state index in [1.165, 1.54) is 12.1 Å². The minimum atomic E-state index is -1.55. The van der Waals surface area contributed by atoms with Crippen molar-refractivity contribution in [3.05, 3.63) is 65.4 Å². The Bertz CT molecular complexity index is 1100. The first-order valence-corrected chi connectivity index (χ1v) is 8.21. The van der Waals surface area contributed by atoms with Gasteiger partial charge in [-0.2, -0.15) is 5.10 Å². The maximum Gasteiger partial charge on any atom is 0.212 e. The van der Waals surface area contributed by atoms with Gasteiger partial charge in [0.2, 0.25) is 5.79 Å². The molecule has 1 aliphatic heterocycles. The number of amidine groups is 1. The van der Waals surface area contributed by atoms with Crippen LogP contribution in [0.4, 0.5) is 8.78 Å². The van der Waals surface area contributed by atoms with Gasteiger partial charge in [-0.1, -0.05) is 12.1 Å². The molecule has 1 aromatic heterocycles. The van der Waals surface area contributed by atoms with Crippen molar-refractivity contribution in [2.45, 2.75) is 12.2 Å². The number of nitrogens with two attached hydrogens (primary N) is 2. The highest BCUT2D eigenvalue weighted by Gasteiger charge is 2.31. The van der Waals surface area contributed by atoms with E-state index in [1.54, 1.807) is 10.9 Å². The molecule has 27 heavy (non-hydrogen) atoms. The smallest absolute Gasteiger partial charge is 0.212 e. The summed E-state index contributed by atoms with van der Waals surface area (Å²) in [6.45, 7) is 0. The number of fused-ring (bicyclic) bond motifs is 1. The lowest BCUT2D eigenvalue weighted by Gasteiger charge is -2.27. The van der Waals surface area contributed by atoms with Crippen molar-refractivity contribution in [2.24, 2.45) is 28.5 Å². The number of aryl methyl sites for hydroxylation is 1. The van der Waals surface area contributed by atoms with E-state index >= 15 is 0 Å². The monoisotopic (exact) mass is 369 g/mol. The van der Waals surface area contributed by atoms with Gasteiger partial charge in [-0.15, -0.1) is 0 Å². The minimum absolute atomic E-state index is 0.0468. The van der Waals surface area contributed by atoms with Crippen molar-refractivity contribution in [3.63, 3.8) is 0 Å². The Hall–Kier alpha value is -3.33. The number of hydrogen-bond acceptors (Lipinski definition) is 6. The van der Waals surface area contributed by atoms with Crippen molar-refractivity contribution < 1.29 is 8.78 Å². The van der Waals surface area contributed by atoms with Gasteiger partial charge in [0.05, 0.1) is 11.7 Å². The fraction of sp³-hybridized carbons (Fsp3) is 0.167. The molecule has 1 unspecified atom stereocenters. The van der Waals surface area contributed by atoms with Gasteiger partial charge in [0.25, 0.3) is 0 Å². The highest BCUT2D eigenvalue weighted by molar-refractivity contribution is 6.11. The summed E-state index contributed by atoms with van der Waals surface area (Å²) in [7, 11) is 1.85. The minimum Gasteiger partial charge on any atom is -0.370 e. The van der Waals surface area contributed by atoms with Crippen molar-refractivity contribution in [1.82, 2.24) is 15.1 Å². The average Bonchev–Trinajstić information content (AvgIpc) is 2.98. The fourth-order valence-electron chi connectivity index (χ4n) is 3.10. The van der Waals surface area contributed by atoms with Crippen LogP contribution in [0.3, 0.4) is 0 Å². The molecule has 138 valence electrons. The molecule has 0 saturated carbocycles. The lowest BCUT2D eigenvalue weighted by atomic mass is 10.1. The maximum absolute atomic E-state index is 14.0. The molecule has 0 aliphatic carbocycles. The van der Waals surface area contributed by atoms with E-state index in [0.717, 1.165) is 22.5 Å². The van der Waals surface area contributed by atoms with Crippen LogP contribution < -0.4 is 16.8 Å². The van der Waals surface area contributed by atoms with Gasteiger partial charge >= 0.3 is 0 Å². The average molecular weight is 369 g/mol. The van der Waals surface area contributed by atoms with E-state index in [1.807, 2.05) is 25.2 Å². The molecule has 1 atom stereocenters. The maximum atomic E-state index is 14.0. The molecule has 1 aliphatic rings. The van der Waals surface area contributed by atoms with Gasteiger partial charge in [0.1, 0.15) is 5.84 Å². The third-order valence-electron chi connectivity index (χ3n) is 4.37. The third kappa shape index (κ3) is 3.13. The zero-order valence-corrected chi connectivity index (χ0v) is 14.4. The summed E-state index contributed by atoms with van der Waals surface area (Å²) in [6, 6.07) is 9.52. The summed E-state index contributed by atoms with van der Waals surface area (Å²) in [5.74, 6) is -3.03. The topological polar surface area (TPSA) is 107 Å². The lowest BCUT2D eigenvalue weighted by molar-refractivity contribution is 0.434. The number of hydrogen-bond donors (Lipinski definition) is 3. The second-order valence-corrected chi connectivity index (χ2v) is 6.39. The van der Waals surface area contributed by atoms with Gasteiger partial charge in [-0.3, -0.25) is 10.4 Å². The number of nitrogens with one attached hydrogen (secondary N) is 1. The molecule has 9 heteroatoms. The molecule has 0 saturated heterocycles. The molecule has 0 fully saturated rings. The number of aromatic nitrogens is 2. The van der Waals surface area contributed by atoms with Gasteiger partial charge in [0.15, 0.2) is 17.6 Å². The largest absolute Gasteiger partial charge is 0.370 e. The molecule has 0 spiro atoms. The van der Waals surface area contributed by atoms with E-state index in [4.69, 9.17) is 11.5 Å². The number of halogens is 2. The number of benzene rings is 2. The first kappa shape index (κ1) is 17.1. The molecule has 5 N–H and O–H groups in total. The Labute approximate surface area is 153 Å². The summed E-state index contributed by atoms with van der Waals surface area (Å²) in [6.07, 6.45) is 1.59. The van der Waals surface area contributed by atoms with Crippen LogP contribution in [0.1, 0.15) is 11.1 Å². The van der Waals surface area contributed by atoms with E-state index in [0.29, 0.717) is 5.84 Å². The Morgan fingerprint density at radius 1 is 1.19 bits per heavy atom. The standard InChI is InChI=1S/C18H17F2N7/c1-27-14-6-5-10(7-12(14)9-23-27)16-24-17(21)26-18(22,25-16)8-11-3-2-4-13(19)15(11)20/h2-7,9H,8,22H2,1H3,(H3,21,24,25,26). The zero-order valence-electron chi connectivity index (χ0n) is 14.4. The lowest BCUT2D eigenvalue weighted by Crippen LogP contribution is -2.51. The quantitative estimate of drug-likeness (QED) is 0.648. The number of aliphatic imine (C=N–C) groups is 2. The van der Waals surface area contributed by atoms with Gasteiger partial charge < -0.3 is 11.1 Å². The number of nitrogens with zero attached hydrogens (tertiary/aromatic N) is 4. The van der Waals surface area contributed by atoms with E-state index in [9.17, 15) is 8.78 Å². The summed E-state index contributed by atoms with van der Waals surface area (Å²) in [4.78, 5) is 8.50. The van der Waals surface area contributed by atoms with Crippen molar-refractivity contribution in [1.29, 1.82) is 0 Å². The van der Waals surface area contributed by atoms with E-state index in [2.05, 4.69) is 20.4 Å². The molecule has 2 aromatic carbocycles. The summed E-state index contributed by atoms with van der Waals surface area (Å²) in [5.41, 5.74) is 13.9. The molecule has 0 bridgehead atoms. The van der Waals surface area contributed by atoms with Crippen LogP contribution in [0.25, 0.3) is 10.9 Å². The van der Waals surface area contributed by atoms with Crippen LogP contribution in [0.5, 0.6) is 0 Å². The fourth-order valence-corrected chi connectivity index (χ4v) is 3.10. The summed E-state index contributed by atoms with van der Waals surface area (Å²) < 4.78 is 29.3. The molecule has 4 rings (SSSR count). The van der Waals surface area contributed by atoms with Crippen molar-refractivity contribution in [3.8, 4) is 0 Å². The van der Waals surface area contributed by atoms with Crippen molar-refractivity contribution >= 4 is 22.7 Å². The van der Waals surface area contributed by atoms with Gasteiger partial charge in [-0.05, 0) is 29.8 Å². The van der Waals surface area contributed by atoms with Crippen LogP contribution in [-0.2, 0) is 13.5 Å². The second-order valence-electron chi connectivity index (χ2n) is 6.39. The molecule has 0 radical (unpaired) electrons. The number of rotatable bonds is 3. The van der Waals surface area contributed by atoms with E-state index < -0.39 is 17.4 Å². The van der Waals surface area contributed by atoms with Crippen LogP contribution in [0.2, 0.25) is 0 Å². The molecule has 3 aromatic rings. The first-order chi connectivity index (χ1) is 12.8. The summed E-state index contributed by atoms with van der Waals surface area (Å²) in [5, 5.41) is 8.00. The van der Waals surface area contributed by atoms with Gasteiger partial charge in [-0.25, -0.2) is 18.8 Å². The Morgan fingerprint density at radius 3 is 2.81 bits per heavy atom. The molecule has 7 nitrogen and oxygen atoms in total. The summed E-state index contributed by atoms with van der Waals surface area (Å²) >= 11 is 0. The van der Waals surface area contributed by atoms with E-state index in [-0.39, 0.29) is 17.9 Å². The normalized spacial score (nSPS) is 19.6. The van der Waals surface area contributed by atoms with Crippen molar-refractivity contribution in [2.75, 3.05) is 0 Å². The SMILES string of the molecule is Cn1ncc2cc(C3=NC(N)(Cc4cccc(F)c4F)N=C(N)N3)ccc21. The first-order valence-electron chi connectivity index (χ1n) is 8.21. The van der Waals surface area contributed by atoms with Crippen LogP contribution >= 0.6 is 0 Å². The Morgan fingerprint density at radius 2 is 2.00 bits per heavy atom. The second kappa shape index (κ2) is 6.13. The molecule has 0 amide bonds. The van der Waals surface area contributed by atoms with Gasteiger partial charge in [0, 0.05) is 24.4 Å². The predicted molar refractivity (Wildman–Crippen MR) is 99.0 cm³/mol. The predicted octanol–water partition coefficient (Wildman–Crippen LogP) is 1.37. The van der Waals surface area contributed by atoms with Crippen LogP contribution in [-0.4, -0.2) is 27.4 Å². The molecular weight excluding hydrogens is 352 g/mol. The Balaban J connectivity index is 1.73. The highest BCUT2D eigenvalue weighted by Crippen LogP contribution is 2.22.